The van der Waals surface area contributed by atoms with Crippen LogP contribution in [0.2, 0.25) is 0 Å². The van der Waals surface area contributed by atoms with Crippen LogP contribution in [0.1, 0.15) is 39.5 Å². The number of hydrogen-bond acceptors (Lipinski definition) is 6. The van der Waals surface area contributed by atoms with Crippen molar-refractivity contribution in [3.8, 4) is 0 Å². The van der Waals surface area contributed by atoms with E-state index in [1.807, 2.05) is 13.8 Å². The lowest BCUT2D eigenvalue weighted by molar-refractivity contribution is -0.160. The van der Waals surface area contributed by atoms with E-state index in [0.717, 1.165) is 20.0 Å². The molecule has 0 spiro atoms. The van der Waals surface area contributed by atoms with E-state index in [9.17, 15) is 14.4 Å². The molecule has 6 nitrogen and oxygen atoms in total. The van der Waals surface area contributed by atoms with Crippen LogP contribution in [0.25, 0.3) is 0 Å². The van der Waals surface area contributed by atoms with Gasteiger partial charge in [-0.1, -0.05) is 32.8 Å². The van der Waals surface area contributed by atoms with E-state index in [-0.39, 0.29) is 12.2 Å². The van der Waals surface area contributed by atoms with Gasteiger partial charge in [0.25, 0.3) is 0 Å². The highest BCUT2D eigenvalue weighted by Gasteiger charge is 2.37. The predicted molar refractivity (Wildman–Crippen MR) is 76.4 cm³/mol. The number of allylic oxidation sites excluding steroid dienone is 1. The number of carbonyl (C=O) groups excluding carboxylic acids is 3. The van der Waals surface area contributed by atoms with Gasteiger partial charge in [-0.2, -0.15) is 0 Å². The third kappa shape index (κ3) is 6.42. The summed E-state index contributed by atoms with van der Waals surface area (Å²) in [6.07, 6.45) is 4.48. The van der Waals surface area contributed by atoms with Gasteiger partial charge >= 0.3 is 17.9 Å². The summed E-state index contributed by atoms with van der Waals surface area (Å²) in [5.74, 6) is -3.75. The molecule has 120 valence electrons. The van der Waals surface area contributed by atoms with Crippen LogP contribution in [0.5, 0.6) is 0 Å². The Hall–Kier alpha value is -1.85. The fourth-order valence-corrected chi connectivity index (χ4v) is 1.65. The lowest BCUT2D eigenvalue weighted by Gasteiger charge is -2.16. The predicted octanol–water partition coefficient (Wildman–Crippen LogP) is 2.02. The third-order valence-corrected chi connectivity index (χ3v) is 2.78. The van der Waals surface area contributed by atoms with Crippen molar-refractivity contribution in [1.82, 2.24) is 0 Å². The minimum absolute atomic E-state index is 0.0288. The van der Waals surface area contributed by atoms with Crippen molar-refractivity contribution in [3.05, 3.63) is 11.6 Å². The summed E-state index contributed by atoms with van der Waals surface area (Å²) in [7, 11) is 2.35. The molecule has 0 aromatic carbocycles. The van der Waals surface area contributed by atoms with Gasteiger partial charge in [-0.3, -0.25) is 9.59 Å². The Bertz CT molecular complexity index is 386. The van der Waals surface area contributed by atoms with Crippen molar-refractivity contribution in [2.45, 2.75) is 39.5 Å². The number of methoxy groups -OCH3 is 2. The van der Waals surface area contributed by atoms with E-state index in [2.05, 4.69) is 9.47 Å². The monoisotopic (exact) mass is 300 g/mol. The van der Waals surface area contributed by atoms with Crippen LogP contribution in [-0.4, -0.2) is 38.7 Å². The molecule has 1 atom stereocenters. The molecular weight excluding hydrogens is 276 g/mol. The van der Waals surface area contributed by atoms with Crippen molar-refractivity contribution < 1.29 is 28.6 Å². The Labute approximate surface area is 125 Å². The van der Waals surface area contributed by atoms with Gasteiger partial charge in [0.1, 0.15) is 0 Å². The van der Waals surface area contributed by atoms with Gasteiger partial charge < -0.3 is 14.2 Å². The van der Waals surface area contributed by atoms with E-state index < -0.39 is 23.8 Å². The average molecular weight is 300 g/mol. The van der Waals surface area contributed by atoms with Crippen molar-refractivity contribution in [1.29, 1.82) is 0 Å². The largest absolute Gasteiger partial charge is 0.468 e. The highest BCUT2D eigenvalue weighted by atomic mass is 16.6. The summed E-state index contributed by atoms with van der Waals surface area (Å²) >= 11 is 0. The first-order valence-electron chi connectivity index (χ1n) is 7.06. The van der Waals surface area contributed by atoms with E-state index in [1.54, 1.807) is 6.08 Å². The average Bonchev–Trinajstić information content (AvgIpc) is 2.50. The second kappa shape index (κ2) is 10.9. The Morgan fingerprint density at radius 2 is 1.67 bits per heavy atom. The molecule has 0 fully saturated rings. The van der Waals surface area contributed by atoms with Gasteiger partial charge in [-0.25, -0.2) is 4.79 Å². The number of esters is 3. The summed E-state index contributed by atoms with van der Waals surface area (Å²) in [5, 5.41) is 0. The Kier molecular flexibility index (Phi) is 9.92. The molecule has 0 rings (SSSR count). The smallest absolute Gasteiger partial charge is 0.334 e. The summed E-state index contributed by atoms with van der Waals surface area (Å²) in [4.78, 5) is 35.7. The highest BCUT2D eigenvalue weighted by Crippen LogP contribution is 2.19. The van der Waals surface area contributed by atoms with Gasteiger partial charge in [0.15, 0.2) is 5.92 Å². The van der Waals surface area contributed by atoms with Crippen molar-refractivity contribution in [3.63, 3.8) is 0 Å². The molecule has 0 aliphatic carbocycles. The molecule has 1 unspecified atom stereocenters. The number of unbranched alkanes of at least 4 members (excludes halogenated alkanes) is 2. The topological polar surface area (TPSA) is 78.9 Å². The number of carbonyl (C=O) groups is 3. The van der Waals surface area contributed by atoms with Crippen molar-refractivity contribution in [2.24, 2.45) is 5.92 Å². The molecule has 0 aliphatic heterocycles. The fraction of sp³-hybridized carbons (Fsp3) is 0.667. The molecule has 0 aromatic heterocycles. The van der Waals surface area contributed by atoms with E-state index >= 15 is 0 Å². The zero-order valence-corrected chi connectivity index (χ0v) is 13.1. The summed E-state index contributed by atoms with van der Waals surface area (Å²) in [6.45, 7) is 4.01. The molecule has 0 aliphatic rings. The minimum Gasteiger partial charge on any atom is -0.468 e. The van der Waals surface area contributed by atoms with Crippen LogP contribution in [0.4, 0.5) is 0 Å². The molecule has 0 amide bonds. The molecule has 0 N–H and O–H groups in total. The molecule has 21 heavy (non-hydrogen) atoms. The van der Waals surface area contributed by atoms with E-state index in [1.165, 1.54) is 7.11 Å². The number of ether oxygens (including phenoxy) is 3. The number of hydrogen-bond donors (Lipinski definition) is 0. The lowest BCUT2D eigenvalue weighted by atomic mass is 9.97. The molecule has 0 heterocycles. The van der Waals surface area contributed by atoms with Gasteiger partial charge in [-0.05, 0) is 12.8 Å². The van der Waals surface area contributed by atoms with Crippen molar-refractivity contribution >= 4 is 17.9 Å². The maximum atomic E-state index is 12.0. The molecule has 6 heteroatoms. The Morgan fingerprint density at radius 1 is 1.00 bits per heavy atom. The number of rotatable bonds is 9. The SMILES string of the molecule is CCCC/C=C(\C(=O)OC)C(C(=O)OC)C(=O)OCCC. The van der Waals surface area contributed by atoms with Crippen molar-refractivity contribution in [2.75, 3.05) is 20.8 Å². The fourth-order valence-electron chi connectivity index (χ4n) is 1.65. The molecule has 0 aromatic rings. The van der Waals surface area contributed by atoms with Crippen LogP contribution in [-0.2, 0) is 28.6 Å². The zero-order valence-electron chi connectivity index (χ0n) is 13.1. The standard InChI is InChI=1S/C15H24O6/c1-5-7-8-9-11(13(16)19-3)12(14(17)20-4)15(18)21-10-6-2/h9,12H,5-8,10H2,1-4H3/b11-9-. The van der Waals surface area contributed by atoms with Gasteiger partial charge in [-0.15, -0.1) is 0 Å². The zero-order chi connectivity index (χ0) is 16.3. The normalized spacial score (nSPS) is 12.5. The first kappa shape index (κ1) is 19.1. The first-order chi connectivity index (χ1) is 10.0. The maximum Gasteiger partial charge on any atom is 0.334 e. The quantitative estimate of drug-likeness (QED) is 0.213. The second-order valence-corrected chi connectivity index (χ2v) is 4.42. The van der Waals surface area contributed by atoms with Gasteiger partial charge in [0, 0.05) is 0 Å². The highest BCUT2D eigenvalue weighted by molar-refractivity contribution is 6.07. The first-order valence-corrected chi connectivity index (χ1v) is 7.06. The summed E-state index contributed by atoms with van der Waals surface area (Å²) in [5.41, 5.74) is -0.0288. The van der Waals surface area contributed by atoms with Crippen LogP contribution >= 0.6 is 0 Å². The maximum absolute atomic E-state index is 12.0. The second-order valence-electron chi connectivity index (χ2n) is 4.42. The summed E-state index contributed by atoms with van der Waals surface area (Å²) in [6, 6.07) is 0. The lowest BCUT2D eigenvalue weighted by Crippen LogP contribution is -2.32. The Balaban J connectivity index is 5.36. The molecule has 0 saturated carbocycles. The summed E-state index contributed by atoms with van der Waals surface area (Å²) < 4.78 is 14.2. The molecular formula is C15H24O6. The molecule has 0 radical (unpaired) electrons. The molecule has 0 bridgehead atoms. The molecule has 0 saturated heterocycles. The van der Waals surface area contributed by atoms with Crippen LogP contribution < -0.4 is 0 Å². The Morgan fingerprint density at radius 3 is 2.14 bits per heavy atom. The third-order valence-electron chi connectivity index (χ3n) is 2.78. The van der Waals surface area contributed by atoms with Crippen LogP contribution in [0, 0.1) is 5.92 Å². The van der Waals surface area contributed by atoms with E-state index in [0.29, 0.717) is 12.8 Å². The van der Waals surface area contributed by atoms with E-state index in [4.69, 9.17) is 4.74 Å². The van der Waals surface area contributed by atoms with Crippen LogP contribution in [0.15, 0.2) is 11.6 Å². The minimum atomic E-state index is -1.40. The van der Waals surface area contributed by atoms with Gasteiger partial charge in [0.05, 0.1) is 26.4 Å². The van der Waals surface area contributed by atoms with Crippen LogP contribution in [0.3, 0.4) is 0 Å². The van der Waals surface area contributed by atoms with Gasteiger partial charge in [0.2, 0.25) is 0 Å².